The first kappa shape index (κ1) is 10.5. The second kappa shape index (κ2) is 6.19. The fourth-order valence-electron chi connectivity index (χ4n) is 0.362. The molecule has 4 nitrogen and oxygen atoms in total. The van der Waals surface area contributed by atoms with Gasteiger partial charge in [-0.1, -0.05) is 5.73 Å². The molecular formula is C8H10O4. The number of hydrogen-bond acceptors (Lipinski definition) is 4. The molecule has 0 aliphatic heterocycles. The lowest BCUT2D eigenvalue weighted by atomic mass is 10.7. The van der Waals surface area contributed by atoms with Crippen molar-refractivity contribution < 1.29 is 19.1 Å². The summed E-state index contributed by atoms with van der Waals surface area (Å²) >= 11 is 0. The van der Waals surface area contributed by atoms with Crippen molar-refractivity contribution in [2.75, 3.05) is 6.61 Å². The number of ether oxygens (including phenoxy) is 2. The molecule has 0 fully saturated rings. The van der Waals surface area contributed by atoms with E-state index in [4.69, 9.17) is 0 Å². The molecule has 4 heteroatoms. The van der Waals surface area contributed by atoms with Gasteiger partial charge in [0, 0.05) is 6.92 Å². The van der Waals surface area contributed by atoms with Crippen LogP contribution in [0, 0.1) is 0 Å². The Labute approximate surface area is 70.5 Å². The molecule has 0 unspecified atom stereocenters. The van der Waals surface area contributed by atoms with Crippen LogP contribution in [0.3, 0.4) is 0 Å². The molecule has 0 amide bonds. The summed E-state index contributed by atoms with van der Waals surface area (Å²) in [6.07, 6.45) is 2.69. The normalized spacial score (nSPS) is 7.83. The molecule has 12 heavy (non-hydrogen) atoms. The van der Waals surface area contributed by atoms with Crippen LogP contribution in [0.25, 0.3) is 0 Å². The van der Waals surface area contributed by atoms with Crippen molar-refractivity contribution in [2.24, 2.45) is 0 Å². The fourth-order valence-corrected chi connectivity index (χ4v) is 0.362. The highest BCUT2D eigenvalue weighted by molar-refractivity contribution is 5.75. The largest absolute Gasteiger partial charge is 0.454 e. The highest BCUT2D eigenvalue weighted by Crippen LogP contribution is 1.82. The lowest BCUT2D eigenvalue weighted by molar-refractivity contribution is -0.154. The van der Waals surface area contributed by atoms with Crippen molar-refractivity contribution in [2.45, 2.75) is 13.8 Å². The van der Waals surface area contributed by atoms with E-state index in [1.807, 2.05) is 0 Å². The number of hydrogen-bond donors (Lipinski definition) is 0. The van der Waals surface area contributed by atoms with E-state index >= 15 is 0 Å². The molecule has 66 valence electrons. The molecule has 0 aliphatic carbocycles. The third kappa shape index (κ3) is 6.58. The van der Waals surface area contributed by atoms with Gasteiger partial charge in [-0.15, -0.1) is 0 Å². The highest BCUT2D eigenvalue weighted by Gasteiger charge is 2.02. The molecule has 0 N–H and O–H groups in total. The molecule has 0 rings (SSSR count). The second-order valence-corrected chi connectivity index (χ2v) is 1.84. The zero-order chi connectivity index (χ0) is 9.40. The van der Waals surface area contributed by atoms with Gasteiger partial charge >= 0.3 is 11.9 Å². The van der Waals surface area contributed by atoms with Gasteiger partial charge in [0.15, 0.2) is 6.61 Å². The first-order valence-corrected chi connectivity index (χ1v) is 3.35. The predicted molar refractivity (Wildman–Crippen MR) is 41.1 cm³/mol. The van der Waals surface area contributed by atoms with Crippen molar-refractivity contribution in [3.63, 3.8) is 0 Å². The minimum Gasteiger partial charge on any atom is -0.454 e. The molecule has 0 radical (unpaired) electrons. The van der Waals surface area contributed by atoms with E-state index in [1.165, 1.54) is 6.92 Å². The van der Waals surface area contributed by atoms with E-state index in [9.17, 15) is 9.59 Å². The van der Waals surface area contributed by atoms with Gasteiger partial charge in [-0.05, 0) is 13.0 Å². The van der Waals surface area contributed by atoms with Gasteiger partial charge in [0.2, 0.25) is 0 Å². The average molecular weight is 170 g/mol. The molecule has 0 spiro atoms. The van der Waals surface area contributed by atoms with Gasteiger partial charge in [-0.2, -0.15) is 0 Å². The van der Waals surface area contributed by atoms with Crippen molar-refractivity contribution in [1.29, 1.82) is 0 Å². The lowest BCUT2D eigenvalue weighted by Crippen LogP contribution is -2.12. The quantitative estimate of drug-likeness (QED) is 0.357. The topological polar surface area (TPSA) is 52.6 Å². The van der Waals surface area contributed by atoms with Crippen LogP contribution in [0.5, 0.6) is 0 Å². The summed E-state index contributed by atoms with van der Waals surface area (Å²) in [6, 6.07) is 0. The Morgan fingerprint density at radius 2 is 2.17 bits per heavy atom. The molecule has 0 aromatic carbocycles. The Bertz CT molecular complexity index is 223. The summed E-state index contributed by atoms with van der Waals surface area (Å²) in [7, 11) is 0. The fraction of sp³-hybridized carbons (Fsp3) is 0.375. The molecular weight excluding hydrogens is 160 g/mol. The zero-order valence-corrected chi connectivity index (χ0v) is 6.99. The summed E-state index contributed by atoms with van der Waals surface area (Å²) in [6.45, 7) is 2.59. The second-order valence-electron chi connectivity index (χ2n) is 1.84. The van der Waals surface area contributed by atoms with Gasteiger partial charge in [0.05, 0.1) is 0 Å². The van der Waals surface area contributed by atoms with Crippen LogP contribution in [0.2, 0.25) is 0 Å². The van der Waals surface area contributed by atoms with Crippen LogP contribution < -0.4 is 0 Å². The van der Waals surface area contributed by atoms with E-state index in [0.29, 0.717) is 0 Å². The van der Waals surface area contributed by atoms with Gasteiger partial charge in [-0.25, -0.2) is 4.79 Å². The van der Waals surface area contributed by atoms with Crippen molar-refractivity contribution in [3.05, 3.63) is 18.1 Å². The molecule has 0 aromatic heterocycles. The lowest BCUT2D eigenvalue weighted by Gasteiger charge is -1.97. The average Bonchev–Trinajstić information content (AvgIpc) is 2.01. The Kier molecular flexibility index (Phi) is 5.39. The Morgan fingerprint density at radius 3 is 2.67 bits per heavy atom. The maximum absolute atomic E-state index is 10.6. The maximum Gasteiger partial charge on any atom is 0.349 e. The molecule has 0 saturated carbocycles. The summed E-state index contributed by atoms with van der Waals surface area (Å²) < 4.78 is 8.81. The zero-order valence-electron chi connectivity index (χ0n) is 6.99. The molecule has 0 bridgehead atoms. The molecule has 0 heterocycles. The first-order chi connectivity index (χ1) is 5.66. The summed E-state index contributed by atoms with van der Waals surface area (Å²) in [4.78, 5) is 20.9. The number of allylic oxidation sites excluding steroid dienone is 1. The number of esters is 2. The monoisotopic (exact) mass is 170 g/mol. The van der Waals surface area contributed by atoms with Crippen LogP contribution in [-0.2, 0) is 19.1 Å². The van der Waals surface area contributed by atoms with Crippen LogP contribution in [0.15, 0.2) is 18.1 Å². The number of rotatable bonds is 3. The standard InChI is InChI=1S/C8H10O4/c1-3-4-5-11-8(10)6-12-7(2)9/h3,5H,6H2,1-2H3. The van der Waals surface area contributed by atoms with Gasteiger partial charge < -0.3 is 9.47 Å². The third-order valence-electron chi connectivity index (χ3n) is 0.818. The van der Waals surface area contributed by atoms with E-state index < -0.39 is 11.9 Å². The van der Waals surface area contributed by atoms with Crippen LogP contribution in [0.1, 0.15) is 13.8 Å². The Morgan fingerprint density at radius 1 is 1.50 bits per heavy atom. The molecule has 0 atom stereocenters. The van der Waals surface area contributed by atoms with Gasteiger partial charge in [-0.3, -0.25) is 4.79 Å². The summed E-state index contributed by atoms with van der Waals surface area (Å²) in [5.41, 5.74) is 2.53. The summed E-state index contributed by atoms with van der Waals surface area (Å²) in [5.74, 6) is -1.14. The molecule has 0 aliphatic rings. The van der Waals surface area contributed by atoms with E-state index in [1.54, 1.807) is 13.0 Å². The van der Waals surface area contributed by atoms with Gasteiger partial charge in [0.25, 0.3) is 0 Å². The number of carbonyl (C=O) groups excluding carboxylic acids is 2. The van der Waals surface area contributed by atoms with E-state index in [0.717, 1.165) is 6.26 Å². The Balaban J connectivity index is 3.60. The van der Waals surface area contributed by atoms with E-state index in [2.05, 4.69) is 15.2 Å². The first-order valence-electron chi connectivity index (χ1n) is 3.35. The SMILES string of the molecule is CC=C=COC(=O)COC(C)=O. The van der Waals surface area contributed by atoms with Crippen LogP contribution in [-0.4, -0.2) is 18.5 Å². The molecule has 0 aromatic rings. The number of carbonyl (C=O) groups is 2. The van der Waals surface area contributed by atoms with Crippen LogP contribution >= 0.6 is 0 Å². The van der Waals surface area contributed by atoms with Crippen molar-refractivity contribution in [1.82, 2.24) is 0 Å². The predicted octanol–water partition coefficient (Wildman–Crippen LogP) is 0.781. The third-order valence-corrected chi connectivity index (χ3v) is 0.818. The summed E-state index contributed by atoms with van der Waals surface area (Å²) in [5, 5.41) is 0. The van der Waals surface area contributed by atoms with Crippen molar-refractivity contribution >= 4 is 11.9 Å². The minimum absolute atomic E-state index is 0.364. The van der Waals surface area contributed by atoms with Crippen LogP contribution in [0.4, 0.5) is 0 Å². The van der Waals surface area contributed by atoms with Crippen molar-refractivity contribution in [3.8, 4) is 0 Å². The minimum atomic E-state index is -0.625. The smallest absolute Gasteiger partial charge is 0.349 e. The Hall–Kier alpha value is -1.54. The van der Waals surface area contributed by atoms with E-state index in [-0.39, 0.29) is 6.61 Å². The highest BCUT2D eigenvalue weighted by atomic mass is 16.6. The maximum atomic E-state index is 10.6. The van der Waals surface area contributed by atoms with Gasteiger partial charge in [0.1, 0.15) is 6.26 Å². The molecule has 0 saturated heterocycles.